The molecule has 1 amide bonds. The lowest BCUT2D eigenvalue weighted by atomic mass is 10.1. The van der Waals surface area contributed by atoms with Crippen LogP contribution in [0.2, 0.25) is 0 Å². The van der Waals surface area contributed by atoms with Gasteiger partial charge in [0.2, 0.25) is 5.91 Å². The van der Waals surface area contributed by atoms with Crippen molar-refractivity contribution in [1.82, 2.24) is 10.2 Å². The average molecular weight is 477 g/mol. The molecule has 0 fully saturated rings. The highest BCUT2D eigenvalue weighted by atomic mass is 31.2. The quantitative estimate of drug-likeness (QED) is 0.415. The highest BCUT2D eigenvalue weighted by molar-refractivity contribution is 7.54. The minimum absolute atomic E-state index is 0.0208. The van der Waals surface area contributed by atoms with Crippen LogP contribution in [-0.4, -0.2) is 43.2 Å². The second-order valence-electron chi connectivity index (χ2n) is 8.71. The maximum Gasteiger partial charge on any atom is 0.352 e. The van der Waals surface area contributed by atoms with E-state index in [0.29, 0.717) is 12.3 Å². The van der Waals surface area contributed by atoms with Crippen LogP contribution in [-0.2, 0) is 25.0 Å². The summed E-state index contributed by atoms with van der Waals surface area (Å²) < 4.78 is 31.0. The number of methoxy groups -OCH3 is 1. The topological polar surface area (TPSA) is 77.1 Å². The van der Waals surface area contributed by atoms with Gasteiger partial charge in [0.05, 0.1) is 26.9 Å². The van der Waals surface area contributed by atoms with Gasteiger partial charge in [0.25, 0.3) is 0 Å². The Balaban J connectivity index is 2.57. The van der Waals surface area contributed by atoms with Crippen LogP contribution >= 0.6 is 7.60 Å². The van der Waals surface area contributed by atoms with E-state index < -0.39 is 18.9 Å². The Morgan fingerprint density at radius 2 is 1.58 bits per heavy atom. The van der Waals surface area contributed by atoms with Gasteiger partial charge < -0.3 is 19.1 Å². The standard InChI is InChI=1S/C25H37N2O5P/c1-7-31-33(29,32-8-2)24(21-14-16-22(30-6)17-15-21)27(18-20-12-10-9-11-13-20)19-23(28)26-25(3,4)5/h9-17,24H,7-8,18-19H2,1-6H3,(H,26,28). The summed E-state index contributed by atoms with van der Waals surface area (Å²) in [6, 6.07) is 17.1. The SMILES string of the molecule is CCOP(=O)(OCC)C(c1ccc(OC)cc1)N(CC(=O)NC(C)(C)C)Cc1ccccc1. The highest BCUT2D eigenvalue weighted by Gasteiger charge is 2.42. The van der Waals surface area contributed by atoms with Gasteiger partial charge in [0, 0.05) is 12.1 Å². The smallest absolute Gasteiger partial charge is 0.352 e. The van der Waals surface area contributed by atoms with Crippen molar-refractivity contribution >= 4 is 13.5 Å². The number of ether oxygens (including phenoxy) is 1. The lowest BCUT2D eigenvalue weighted by Crippen LogP contribution is -2.46. The van der Waals surface area contributed by atoms with Gasteiger partial charge in [-0.15, -0.1) is 0 Å². The fourth-order valence-electron chi connectivity index (χ4n) is 3.60. The number of nitrogens with one attached hydrogen (secondary N) is 1. The van der Waals surface area contributed by atoms with Crippen molar-refractivity contribution in [1.29, 1.82) is 0 Å². The third-order valence-corrected chi connectivity index (χ3v) is 7.23. The third kappa shape index (κ3) is 8.27. The van der Waals surface area contributed by atoms with E-state index in [4.69, 9.17) is 13.8 Å². The van der Waals surface area contributed by atoms with Crippen molar-refractivity contribution in [2.24, 2.45) is 0 Å². The second-order valence-corrected chi connectivity index (χ2v) is 10.8. The van der Waals surface area contributed by atoms with Crippen LogP contribution in [0, 0.1) is 0 Å². The summed E-state index contributed by atoms with van der Waals surface area (Å²) in [5.41, 5.74) is 1.31. The molecule has 0 saturated carbocycles. The summed E-state index contributed by atoms with van der Waals surface area (Å²) >= 11 is 0. The normalized spacial score (nSPS) is 13.1. The molecule has 8 heteroatoms. The van der Waals surface area contributed by atoms with Crippen molar-refractivity contribution < 1.29 is 23.1 Å². The van der Waals surface area contributed by atoms with Crippen molar-refractivity contribution in [2.45, 2.75) is 52.5 Å². The zero-order chi connectivity index (χ0) is 24.5. The number of hydrogen-bond donors (Lipinski definition) is 1. The Kier molecular flexibility index (Phi) is 10.1. The van der Waals surface area contributed by atoms with Gasteiger partial charge in [-0.25, -0.2) is 0 Å². The number of benzene rings is 2. The molecule has 0 radical (unpaired) electrons. The molecular weight excluding hydrogens is 439 g/mol. The lowest BCUT2D eigenvalue weighted by molar-refractivity contribution is -0.124. The molecule has 0 heterocycles. The van der Waals surface area contributed by atoms with Crippen LogP contribution < -0.4 is 10.1 Å². The first-order chi connectivity index (χ1) is 15.6. The Labute approximate surface area is 198 Å². The first-order valence-electron chi connectivity index (χ1n) is 11.2. The first kappa shape index (κ1) is 27.1. The summed E-state index contributed by atoms with van der Waals surface area (Å²) in [4.78, 5) is 14.9. The van der Waals surface area contributed by atoms with Gasteiger partial charge in [-0.05, 0) is 57.9 Å². The Bertz CT molecular complexity index is 903. The van der Waals surface area contributed by atoms with E-state index in [2.05, 4.69) is 5.32 Å². The van der Waals surface area contributed by atoms with Crippen LogP contribution in [0.3, 0.4) is 0 Å². The molecule has 182 valence electrons. The summed E-state index contributed by atoms with van der Waals surface area (Å²) in [7, 11) is -2.08. The number of carbonyl (C=O) groups excluding carboxylic acids is 1. The third-order valence-electron chi connectivity index (χ3n) is 4.77. The molecule has 0 aliphatic rings. The van der Waals surface area contributed by atoms with Gasteiger partial charge in [-0.1, -0.05) is 42.5 Å². The summed E-state index contributed by atoms with van der Waals surface area (Å²) in [5, 5.41) is 3.00. The first-order valence-corrected chi connectivity index (χ1v) is 12.8. The molecule has 1 N–H and O–H groups in total. The van der Waals surface area contributed by atoms with Crippen LogP contribution in [0.25, 0.3) is 0 Å². The molecule has 0 aliphatic heterocycles. The minimum Gasteiger partial charge on any atom is -0.497 e. The Morgan fingerprint density at radius 3 is 2.06 bits per heavy atom. The number of amides is 1. The average Bonchev–Trinajstić information content (AvgIpc) is 2.74. The Morgan fingerprint density at radius 1 is 1.00 bits per heavy atom. The number of rotatable bonds is 12. The monoisotopic (exact) mass is 476 g/mol. The van der Waals surface area contributed by atoms with Crippen LogP contribution in [0.4, 0.5) is 0 Å². The molecule has 2 aromatic carbocycles. The zero-order valence-electron chi connectivity index (χ0n) is 20.5. The number of nitrogens with zero attached hydrogens (tertiary/aromatic N) is 1. The van der Waals surface area contributed by atoms with Crippen molar-refractivity contribution in [2.75, 3.05) is 26.9 Å². The predicted octanol–water partition coefficient (Wildman–Crippen LogP) is 5.38. The summed E-state index contributed by atoms with van der Waals surface area (Å²) in [6.45, 7) is 10.2. The van der Waals surface area contributed by atoms with Crippen molar-refractivity contribution in [3.63, 3.8) is 0 Å². The fourth-order valence-corrected chi connectivity index (χ4v) is 5.77. The number of hydrogen-bond acceptors (Lipinski definition) is 6. The maximum absolute atomic E-state index is 14.1. The molecule has 0 spiro atoms. The molecule has 1 atom stereocenters. The number of carbonyl (C=O) groups is 1. The maximum atomic E-state index is 14.1. The van der Waals surface area contributed by atoms with Gasteiger partial charge in [-0.2, -0.15) is 0 Å². The molecule has 0 aromatic heterocycles. The largest absolute Gasteiger partial charge is 0.497 e. The van der Waals surface area contributed by atoms with E-state index in [9.17, 15) is 9.36 Å². The predicted molar refractivity (Wildman–Crippen MR) is 131 cm³/mol. The van der Waals surface area contributed by atoms with E-state index in [1.165, 1.54) is 0 Å². The summed E-state index contributed by atoms with van der Waals surface area (Å²) in [6.07, 6.45) is 0. The molecule has 2 aromatic rings. The van der Waals surface area contributed by atoms with Gasteiger partial charge in [-0.3, -0.25) is 14.3 Å². The second kappa shape index (κ2) is 12.3. The van der Waals surface area contributed by atoms with E-state index in [-0.39, 0.29) is 25.7 Å². The molecular formula is C25H37N2O5P. The summed E-state index contributed by atoms with van der Waals surface area (Å²) in [5.74, 6) is -0.272. The van der Waals surface area contributed by atoms with Crippen LogP contribution in [0.15, 0.2) is 54.6 Å². The minimum atomic E-state index is -3.67. The highest BCUT2D eigenvalue weighted by Crippen LogP contribution is 2.62. The van der Waals surface area contributed by atoms with E-state index in [1.54, 1.807) is 33.1 Å². The molecule has 1 unspecified atom stereocenters. The molecule has 0 bridgehead atoms. The molecule has 0 aliphatic carbocycles. The van der Waals surface area contributed by atoms with E-state index in [1.807, 2.05) is 68.1 Å². The van der Waals surface area contributed by atoms with Gasteiger partial charge in [0.15, 0.2) is 0 Å². The van der Waals surface area contributed by atoms with Crippen LogP contribution in [0.5, 0.6) is 5.75 Å². The van der Waals surface area contributed by atoms with Gasteiger partial charge in [0.1, 0.15) is 11.5 Å². The molecule has 33 heavy (non-hydrogen) atoms. The van der Waals surface area contributed by atoms with Crippen LogP contribution in [0.1, 0.15) is 51.5 Å². The molecule has 7 nitrogen and oxygen atoms in total. The Hall–Kier alpha value is -2.18. The van der Waals surface area contributed by atoms with E-state index >= 15 is 0 Å². The lowest BCUT2D eigenvalue weighted by Gasteiger charge is -2.36. The zero-order valence-corrected chi connectivity index (χ0v) is 21.4. The van der Waals surface area contributed by atoms with E-state index in [0.717, 1.165) is 11.1 Å². The van der Waals surface area contributed by atoms with Gasteiger partial charge >= 0.3 is 7.60 Å². The molecule has 2 rings (SSSR count). The van der Waals surface area contributed by atoms with Crippen molar-refractivity contribution in [3.05, 3.63) is 65.7 Å². The van der Waals surface area contributed by atoms with Crippen molar-refractivity contribution in [3.8, 4) is 5.75 Å². The fraction of sp³-hybridized carbons (Fsp3) is 0.480. The molecule has 0 saturated heterocycles.